The summed E-state index contributed by atoms with van der Waals surface area (Å²) >= 11 is 0. The highest BCUT2D eigenvalue weighted by Gasteiger charge is 2.33. The van der Waals surface area contributed by atoms with Crippen LogP contribution in [-0.4, -0.2) is 59.4 Å². The lowest BCUT2D eigenvalue weighted by Gasteiger charge is -2.36. The number of para-hydroxylation sites is 1. The van der Waals surface area contributed by atoms with Crippen LogP contribution < -0.4 is 0 Å². The summed E-state index contributed by atoms with van der Waals surface area (Å²) in [4.78, 5) is 18.2. The summed E-state index contributed by atoms with van der Waals surface area (Å²) in [6.45, 7) is 8.75. The highest BCUT2D eigenvalue weighted by molar-refractivity contribution is 6.11. The standard InChI is InChI=1S/C20H27N3O/c1-3-22-10-12-23(13-11-22)14-15-8-9-18-19(20(15)24)16-6-4-5-7-17(16)21(18)2/h4-7,15H,3,8-14H2,1-2H3. The number of carbonyl (C=O) groups excluding carboxylic acids is 1. The second-order valence-corrected chi connectivity index (χ2v) is 7.23. The molecule has 128 valence electrons. The number of carbonyl (C=O) groups is 1. The Labute approximate surface area is 144 Å². The van der Waals surface area contributed by atoms with Crippen molar-refractivity contribution in [3.63, 3.8) is 0 Å². The molecular weight excluding hydrogens is 298 g/mol. The number of piperazine rings is 1. The summed E-state index contributed by atoms with van der Waals surface area (Å²) in [7, 11) is 2.10. The largest absolute Gasteiger partial charge is 0.347 e. The Morgan fingerprint density at radius 3 is 2.54 bits per heavy atom. The van der Waals surface area contributed by atoms with E-state index < -0.39 is 0 Å². The average molecular weight is 325 g/mol. The Bertz CT molecular complexity index is 756. The fraction of sp³-hybridized carbons (Fsp3) is 0.550. The van der Waals surface area contributed by atoms with Crippen LogP contribution in [0.1, 0.15) is 29.4 Å². The van der Waals surface area contributed by atoms with Crippen LogP contribution in [0.15, 0.2) is 24.3 Å². The van der Waals surface area contributed by atoms with Crippen molar-refractivity contribution in [2.24, 2.45) is 13.0 Å². The molecule has 0 amide bonds. The first-order valence-corrected chi connectivity index (χ1v) is 9.24. The van der Waals surface area contributed by atoms with E-state index in [4.69, 9.17) is 0 Å². The molecule has 2 aromatic rings. The highest BCUT2D eigenvalue weighted by Crippen LogP contribution is 2.34. The Morgan fingerprint density at radius 1 is 1.08 bits per heavy atom. The van der Waals surface area contributed by atoms with Gasteiger partial charge in [0.15, 0.2) is 5.78 Å². The van der Waals surface area contributed by atoms with Crippen LogP contribution in [0.5, 0.6) is 0 Å². The number of ketones is 1. The molecule has 4 nitrogen and oxygen atoms in total. The van der Waals surface area contributed by atoms with Crippen molar-refractivity contribution in [2.45, 2.75) is 19.8 Å². The number of likely N-dealkylation sites (N-methyl/N-ethyl adjacent to an activating group) is 1. The van der Waals surface area contributed by atoms with Crippen LogP contribution >= 0.6 is 0 Å². The number of nitrogens with zero attached hydrogens (tertiary/aromatic N) is 3. The second-order valence-electron chi connectivity index (χ2n) is 7.23. The Balaban J connectivity index is 1.55. The Hall–Kier alpha value is -1.65. The van der Waals surface area contributed by atoms with Gasteiger partial charge < -0.3 is 14.4 Å². The molecule has 0 radical (unpaired) electrons. The lowest BCUT2D eigenvalue weighted by atomic mass is 9.84. The molecule has 1 fully saturated rings. The molecule has 4 heteroatoms. The summed E-state index contributed by atoms with van der Waals surface area (Å²) in [5.41, 5.74) is 3.41. The summed E-state index contributed by atoms with van der Waals surface area (Å²) in [6.07, 6.45) is 2.01. The monoisotopic (exact) mass is 325 g/mol. The van der Waals surface area contributed by atoms with Gasteiger partial charge in [-0.25, -0.2) is 0 Å². The lowest BCUT2D eigenvalue weighted by molar-refractivity contribution is 0.0796. The quantitative estimate of drug-likeness (QED) is 0.868. The normalized spacial score (nSPS) is 22.9. The van der Waals surface area contributed by atoms with Gasteiger partial charge in [-0.1, -0.05) is 25.1 Å². The van der Waals surface area contributed by atoms with Gasteiger partial charge >= 0.3 is 0 Å². The fourth-order valence-corrected chi connectivity index (χ4v) is 4.43. The highest BCUT2D eigenvalue weighted by atomic mass is 16.1. The summed E-state index contributed by atoms with van der Waals surface area (Å²) in [5.74, 6) is 0.530. The maximum absolute atomic E-state index is 13.2. The number of aromatic nitrogens is 1. The van der Waals surface area contributed by atoms with E-state index in [-0.39, 0.29) is 5.92 Å². The van der Waals surface area contributed by atoms with Gasteiger partial charge in [0, 0.05) is 67.8 Å². The molecule has 1 aromatic carbocycles. The zero-order chi connectivity index (χ0) is 16.7. The molecule has 0 N–H and O–H groups in total. The van der Waals surface area contributed by atoms with Crippen LogP contribution in [0.3, 0.4) is 0 Å². The van der Waals surface area contributed by atoms with E-state index in [1.54, 1.807) is 0 Å². The molecule has 4 rings (SSSR count). The first kappa shape index (κ1) is 15.9. The van der Waals surface area contributed by atoms with Crippen LogP contribution in [0.4, 0.5) is 0 Å². The first-order valence-electron chi connectivity index (χ1n) is 9.24. The topological polar surface area (TPSA) is 28.5 Å². The second kappa shape index (κ2) is 6.34. The number of benzene rings is 1. The Kier molecular flexibility index (Phi) is 4.19. The van der Waals surface area contributed by atoms with Gasteiger partial charge in [-0.3, -0.25) is 4.79 Å². The van der Waals surface area contributed by atoms with E-state index in [1.807, 2.05) is 6.07 Å². The molecule has 1 aromatic heterocycles. The fourth-order valence-electron chi connectivity index (χ4n) is 4.43. The van der Waals surface area contributed by atoms with Gasteiger partial charge in [0.2, 0.25) is 0 Å². The van der Waals surface area contributed by atoms with Crippen molar-refractivity contribution in [3.05, 3.63) is 35.5 Å². The number of hydrogen-bond acceptors (Lipinski definition) is 3. The summed E-state index contributed by atoms with van der Waals surface area (Å²) in [6, 6.07) is 8.33. The molecule has 1 atom stereocenters. The first-order chi connectivity index (χ1) is 11.7. The molecule has 1 saturated heterocycles. The Morgan fingerprint density at radius 2 is 1.79 bits per heavy atom. The average Bonchev–Trinajstić information content (AvgIpc) is 2.92. The van der Waals surface area contributed by atoms with Crippen LogP contribution in [-0.2, 0) is 13.5 Å². The van der Waals surface area contributed by atoms with Gasteiger partial charge in [0.1, 0.15) is 0 Å². The number of fused-ring (bicyclic) bond motifs is 3. The van der Waals surface area contributed by atoms with Crippen molar-refractivity contribution in [1.82, 2.24) is 14.4 Å². The third kappa shape index (κ3) is 2.58. The van der Waals surface area contributed by atoms with Crippen molar-refractivity contribution in [1.29, 1.82) is 0 Å². The van der Waals surface area contributed by atoms with Gasteiger partial charge in [-0.05, 0) is 25.5 Å². The third-order valence-corrected chi connectivity index (χ3v) is 5.97. The van der Waals surface area contributed by atoms with E-state index in [0.29, 0.717) is 5.78 Å². The van der Waals surface area contributed by atoms with E-state index in [1.165, 1.54) is 11.2 Å². The van der Waals surface area contributed by atoms with E-state index >= 15 is 0 Å². The van der Waals surface area contributed by atoms with Gasteiger partial charge in [0.05, 0.1) is 0 Å². The summed E-state index contributed by atoms with van der Waals surface area (Å²) in [5, 5.41) is 1.14. The van der Waals surface area contributed by atoms with Crippen LogP contribution in [0.25, 0.3) is 10.9 Å². The van der Waals surface area contributed by atoms with Crippen molar-refractivity contribution >= 4 is 16.7 Å². The maximum Gasteiger partial charge on any atom is 0.169 e. The molecule has 2 heterocycles. The minimum atomic E-state index is 0.163. The van der Waals surface area contributed by atoms with Crippen molar-refractivity contribution < 1.29 is 4.79 Å². The molecule has 1 unspecified atom stereocenters. The molecule has 24 heavy (non-hydrogen) atoms. The zero-order valence-corrected chi connectivity index (χ0v) is 14.8. The van der Waals surface area contributed by atoms with E-state index in [9.17, 15) is 4.79 Å². The maximum atomic E-state index is 13.2. The molecular formula is C20H27N3O. The van der Waals surface area contributed by atoms with Gasteiger partial charge in [-0.15, -0.1) is 0 Å². The minimum Gasteiger partial charge on any atom is -0.347 e. The number of rotatable bonds is 3. The molecule has 0 spiro atoms. The molecule has 2 aliphatic rings. The van der Waals surface area contributed by atoms with E-state index in [0.717, 1.165) is 63.1 Å². The predicted octanol–water partition coefficient (Wildman–Crippen LogP) is 2.56. The number of Topliss-reactive ketones (excluding diaryl/α,β-unsaturated/α-hetero) is 1. The SMILES string of the molecule is CCN1CCN(CC2CCc3c(c4ccccc4n3C)C2=O)CC1. The number of aryl methyl sites for hydroxylation is 1. The van der Waals surface area contributed by atoms with Crippen molar-refractivity contribution in [3.8, 4) is 0 Å². The zero-order valence-electron chi connectivity index (χ0n) is 14.8. The van der Waals surface area contributed by atoms with Gasteiger partial charge in [0.25, 0.3) is 0 Å². The van der Waals surface area contributed by atoms with Crippen molar-refractivity contribution in [2.75, 3.05) is 39.3 Å². The van der Waals surface area contributed by atoms with E-state index in [2.05, 4.69) is 46.5 Å². The minimum absolute atomic E-state index is 0.163. The smallest absolute Gasteiger partial charge is 0.169 e. The van der Waals surface area contributed by atoms with Gasteiger partial charge in [-0.2, -0.15) is 0 Å². The molecule has 1 aliphatic heterocycles. The number of hydrogen-bond donors (Lipinski definition) is 0. The molecule has 0 bridgehead atoms. The predicted molar refractivity (Wildman–Crippen MR) is 97.6 cm³/mol. The summed E-state index contributed by atoms with van der Waals surface area (Å²) < 4.78 is 2.22. The third-order valence-electron chi connectivity index (χ3n) is 5.97. The van der Waals surface area contributed by atoms with Crippen LogP contribution in [0, 0.1) is 5.92 Å². The lowest BCUT2D eigenvalue weighted by Crippen LogP contribution is -2.48. The van der Waals surface area contributed by atoms with Crippen LogP contribution in [0.2, 0.25) is 0 Å². The molecule has 0 saturated carbocycles. The molecule has 1 aliphatic carbocycles.